The summed E-state index contributed by atoms with van der Waals surface area (Å²) in [5.41, 5.74) is 3.79. The quantitative estimate of drug-likeness (QED) is 0.406. The Hall–Kier alpha value is -2.71. The van der Waals surface area contributed by atoms with Crippen molar-refractivity contribution in [3.8, 4) is 0 Å². The van der Waals surface area contributed by atoms with Gasteiger partial charge >= 0.3 is 5.97 Å². The molecule has 0 unspecified atom stereocenters. The van der Waals surface area contributed by atoms with E-state index in [-0.39, 0.29) is 12.6 Å². The molecule has 0 bridgehead atoms. The topological polar surface area (TPSA) is 70.6 Å². The van der Waals surface area contributed by atoms with Crippen molar-refractivity contribution in [1.82, 2.24) is 14.9 Å². The number of benzene rings is 2. The summed E-state index contributed by atoms with van der Waals surface area (Å²) in [5.74, 6) is 0.201. The van der Waals surface area contributed by atoms with E-state index in [2.05, 4.69) is 60.2 Å². The summed E-state index contributed by atoms with van der Waals surface area (Å²) in [4.78, 5) is 24.9. The van der Waals surface area contributed by atoms with Crippen LogP contribution in [0.15, 0.2) is 47.1 Å². The van der Waals surface area contributed by atoms with Crippen LogP contribution in [-0.2, 0) is 16.1 Å². The zero-order valence-electron chi connectivity index (χ0n) is 21.1. The van der Waals surface area contributed by atoms with Crippen LogP contribution in [-0.4, -0.2) is 54.1 Å². The number of carbonyl (C=O) groups is 1. The normalized spacial score (nSPS) is 13.3. The van der Waals surface area contributed by atoms with Crippen LogP contribution >= 0.6 is 15.9 Å². The second-order valence-corrected chi connectivity index (χ2v) is 8.21. The minimum atomic E-state index is -0.313. The average molecular weight is 531 g/mol. The van der Waals surface area contributed by atoms with Gasteiger partial charge in [0.2, 0.25) is 5.95 Å². The van der Waals surface area contributed by atoms with Gasteiger partial charge in [0.15, 0.2) is 0 Å². The Morgan fingerprint density at radius 1 is 1.03 bits per heavy atom. The molecule has 7 nitrogen and oxygen atoms in total. The highest BCUT2D eigenvalue weighted by Gasteiger charge is 2.14. The Morgan fingerprint density at radius 3 is 2.29 bits per heavy atom. The molecule has 8 heteroatoms. The van der Waals surface area contributed by atoms with Gasteiger partial charge < -0.3 is 19.9 Å². The summed E-state index contributed by atoms with van der Waals surface area (Å²) in [5, 5.41) is 4.18. The molecular formula is C26H36BrN5O2. The summed E-state index contributed by atoms with van der Waals surface area (Å²) in [6.45, 7) is 13.8. The molecule has 2 aromatic carbocycles. The van der Waals surface area contributed by atoms with Crippen LogP contribution in [0.5, 0.6) is 0 Å². The number of esters is 1. The first-order chi connectivity index (χ1) is 16.5. The molecule has 0 radical (unpaired) electrons. The second kappa shape index (κ2) is 13.9. The van der Waals surface area contributed by atoms with Crippen molar-refractivity contribution in [2.45, 2.75) is 41.2 Å². The third kappa shape index (κ3) is 7.40. The van der Waals surface area contributed by atoms with E-state index < -0.39 is 0 Å². The smallest absolute Gasteiger partial charge is 0.302 e. The van der Waals surface area contributed by atoms with Crippen molar-refractivity contribution in [1.29, 1.82) is 0 Å². The Bertz CT molecular complexity index is 1050. The highest BCUT2D eigenvalue weighted by Crippen LogP contribution is 2.28. The number of halogens is 1. The minimum Gasteiger partial charge on any atom is -0.461 e. The number of aromatic nitrogens is 2. The zero-order chi connectivity index (χ0) is 25.1. The number of nitrogens with zero attached hydrogens (tertiary/aromatic N) is 4. The number of nitrogens with one attached hydrogen (secondary N) is 1. The number of fused-ring (bicyclic) bond motifs is 1. The van der Waals surface area contributed by atoms with E-state index in [4.69, 9.17) is 4.74 Å². The first-order valence-corrected chi connectivity index (χ1v) is 12.7. The molecule has 0 saturated carbocycles. The molecular weight excluding hydrogens is 494 g/mol. The highest BCUT2D eigenvalue weighted by molar-refractivity contribution is 9.10. The van der Waals surface area contributed by atoms with E-state index >= 15 is 0 Å². The largest absolute Gasteiger partial charge is 0.461 e. The van der Waals surface area contributed by atoms with Gasteiger partial charge in [0, 0.05) is 61.6 Å². The first kappa shape index (κ1) is 27.5. The fourth-order valence-corrected chi connectivity index (χ4v) is 3.97. The number of carbonyl (C=O) groups excluding carboxylic acids is 1. The van der Waals surface area contributed by atoms with Crippen molar-refractivity contribution in [2.24, 2.45) is 0 Å². The van der Waals surface area contributed by atoms with Crippen LogP contribution in [0, 0.1) is 0 Å². The van der Waals surface area contributed by atoms with E-state index in [9.17, 15) is 4.79 Å². The lowest BCUT2D eigenvalue weighted by Gasteiger charge is -2.34. The third-order valence-electron chi connectivity index (χ3n) is 5.19. The molecule has 4 rings (SSSR count). The number of ether oxygens (including phenoxy) is 1. The number of rotatable bonds is 5. The second-order valence-electron chi connectivity index (χ2n) is 7.41. The van der Waals surface area contributed by atoms with Gasteiger partial charge in [0.05, 0.1) is 9.99 Å². The van der Waals surface area contributed by atoms with E-state index in [1.807, 2.05) is 52.0 Å². The Kier molecular flexibility index (Phi) is 11.2. The molecule has 3 aromatic rings. The Labute approximate surface area is 211 Å². The monoisotopic (exact) mass is 529 g/mol. The summed E-state index contributed by atoms with van der Waals surface area (Å²) in [6, 6.07) is 12.2. The molecule has 1 fully saturated rings. The van der Waals surface area contributed by atoms with Crippen LogP contribution < -0.4 is 10.2 Å². The van der Waals surface area contributed by atoms with Gasteiger partial charge in [-0.25, -0.2) is 9.97 Å². The summed E-state index contributed by atoms with van der Waals surface area (Å²) in [6.07, 6.45) is 1.78. The van der Waals surface area contributed by atoms with E-state index in [0.29, 0.717) is 5.95 Å². The molecule has 1 saturated heterocycles. The lowest BCUT2D eigenvalue weighted by molar-refractivity contribution is -0.142. The lowest BCUT2D eigenvalue weighted by atomic mass is 10.1. The number of anilines is 3. The maximum Gasteiger partial charge on any atom is 0.302 e. The molecule has 1 N–H and O–H groups in total. The highest BCUT2D eigenvalue weighted by atomic mass is 79.9. The van der Waals surface area contributed by atoms with Gasteiger partial charge in [0.1, 0.15) is 6.61 Å². The maximum absolute atomic E-state index is 11.1. The molecule has 184 valence electrons. The van der Waals surface area contributed by atoms with E-state index in [0.717, 1.165) is 52.8 Å². The van der Waals surface area contributed by atoms with Crippen LogP contribution in [0.4, 0.5) is 17.3 Å². The lowest BCUT2D eigenvalue weighted by Crippen LogP contribution is -2.44. The minimum absolute atomic E-state index is 0.201. The molecule has 1 aliphatic heterocycles. The predicted molar refractivity (Wildman–Crippen MR) is 145 cm³/mol. The van der Waals surface area contributed by atoms with Gasteiger partial charge in [-0.15, -0.1) is 0 Å². The number of hydrogen-bond acceptors (Lipinski definition) is 7. The number of likely N-dealkylation sites (N-methyl/N-ethyl adjacent to an activating group) is 1. The molecule has 1 aliphatic rings. The van der Waals surface area contributed by atoms with Crippen molar-refractivity contribution in [3.05, 3.63) is 52.6 Å². The van der Waals surface area contributed by atoms with Crippen LogP contribution in [0.2, 0.25) is 0 Å². The van der Waals surface area contributed by atoms with Gasteiger partial charge in [-0.3, -0.25) is 4.79 Å². The molecule has 1 aromatic heterocycles. The standard InChI is InChI=1S/C22H24BrN5O2.2C2H6/c1-15(29)30-14-17-4-3-16-13-24-22(26-21(16)20(17)23)25-18-5-7-19(8-6-18)28-11-9-27(2)10-12-28;2*1-2/h3-8,13H,9-12,14H2,1-2H3,(H,24,25,26);2*1-2H3. The summed E-state index contributed by atoms with van der Waals surface area (Å²) >= 11 is 3.59. The SMILES string of the molecule is CC.CC.CC(=O)OCc1ccc2cnc(Nc3ccc(N4CCN(C)CC4)cc3)nc2c1Br. The number of hydrogen-bond donors (Lipinski definition) is 1. The molecule has 0 aliphatic carbocycles. The van der Waals surface area contributed by atoms with Gasteiger partial charge in [0.25, 0.3) is 0 Å². The summed E-state index contributed by atoms with van der Waals surface area (Å²) in [7, 11) is 2.16. The maximum atomic E-state index is 11.1. The van der Waals surface area contributed by atoms with Crippen molar-refractivity contribution >= 4 is 50.1 Å². The van der Waals surface area contributed by atoms with Crippen molar-refractivity contribution in [3.63, 3.8) is 0 Å². The molecule has 2 heterocycles. The van der Waals surface area contributed by atoms with Crippen LogP contribution in [0.1, 0.15) is 40.2 Å². The predicted octanol–water partition coefficient (Wildman–Crippen LogP) is 6.00. The Balaban J connectivity index is 0.000000970. The van der Waals surface area contributed by atoms with Gasteiger partial charge in [-0.2, -0.15) is 0 Å². The molecule has 0 amide bonds. The van der Waals surface area contributed by atoms with Crippen molar-refractivity contribution in [2.75, 3.05) is 43.4 Å². The first-order valence-electron chi connectivity index (χ1n) is 11.9. The Morgan fingerprint density at radius 2 is 1.68 bits per heavy atom. The number of piperazine rings is 1. The molecule has 0 spiro atoms. The third-order valence-corrected chi connectivity index (χ3v) is 6.08. The van der Waals surface area contributed by atoms with Crippen molar-refractivity contribution < 1.29 is 9.53 Å². The van der Waals surface area contributed by atoms with Crippen LogP contribution in [0.25, 0.3) is 10.9 Å². The molecule has 0 atom stereocenters. The zero-order valence-corrected chi connectivity index (χ0v) is 22.6. The van der Waals surface area contributed by atoms with Crippen LogP contribution in [0.3, 0.4) is 0 Å². The van der Waals surface area contributed by atoms with Gasteiger partial charge in [-0.1, -0.05) is 39.8 Å². The van der Waals surface area contributed by atoms with E-state index in [1.54, 1.807) is 6.20 Å². The average Bonchev–Trinajstić information content (AvgIpc) is 2.87. The fraction of sp³-hybridized carbons (Fsp3) is 0.423. The van der Waals surface area contributed by atoms with E-state index in [1.165, 1.54) is 12.6 Å². The fourth-order valence-electron chi connectivity index (χ4n) is 3.40. The summed E-state index contributed by atoms with van der Waals surface area (Å²) < 4.78 is 5.92. The molecule has 34 heavy (non-hydrogen) atoms. The van der Waals surface area contributed by atoms with Gasteiger partial charge in [-0.05, 0) is 47.2 Å².